The van der Waals surface area contributed by atoms with Crippen LogP contribution in [0.4, 0.5) is 0 Å². The first-order chi connectivity index (χ1) is 8.70. The maximum atomic E-state index is 3.66. The Hall–Kier alpha value is -1.28. The Morgan fingerprint density at radius 1 is 1.28 bits per heavy atom. The van der Waals surface area contributed by atoms with E-state index < -0.39 is 0 Å². The Kier molecular flexibility index (Phi) is 2.90. The molecule has 1 aromatic heterocycles. The number of nitrogens with one attached hydrogen (secondary N) is 2. The van der Waals surface area contributed by atoms with Crippen LogP contribution in [0, 0.1) is 13.8 Å². The smallest absolute Gasteiger partial charge is 0.0491 e. The number of H-pyrrole nitrogens is 1. The van der Waals surface area contributed by atoms with E-state index in [2.05, 4.69) is 43.2 Å². The second-order valence-corrected chi connectivity index (χ2v) is 5.53. The van der Waals surface area contributed by atoms with Crippen molar-refractivity contribution < 1.29 is 0 Å². The number of fused-ring (bicyclic) bond motifs is 3. The van der Waals surface area contributed by atoms with E-state index in [0.29, 0.717) is 6.04 Å². The zero-order valence-corrected chi connectivity index (χ0v) is 11.6. The van der Waals surface area contributed by atoms with Gasteiger partial charge in [0.25, 0.3) is 0 Å². The van der Waals surface area contributed by atoms with Gasteiger partial charge in [-0.2, -0.15) is 0 Å². The monoisotopic (exact) mass is 242 g/mol. The molecule has 1 aliphatic rings. The van der Waals surface area contributed by atoms with Gasteiger partial charge in [-0.15, -0.1) is 0 Å². The molecular weight excluding hydrogens is 220 g/mol. The van der Waals surface area contributed by atoms with Gasteiger partial charge in [-0.05, 0) is 56.3 Å². The Bertz CT molecular complexity index is 580. The van der Waals surface area contributed by atoms with Crippen molar-refractivity contribution in [3.05, 3.63) is 34.5 Å². The second kappa shape index (κ2) is 4.43. The molecule has 1 unspecified atom stereocenters. The van der Waals surface area contributed by atoms with Crippen LogP contribution >= 0.6 is 0 Å². The Morgan fingerprint density at radius 2 is 2.06 bits per heavy atom. The molecule has 3 rings (SSSR count). The normalized spacial score (nSPS) is 19.2. The number of benzene rings is 1. The van der Waals surface area contributed by atoms with Crippen LogP contribution in [0.3, 0.4) is 0 Å². The largest absolute Gasteiger partial charge is 0.358 e. The summed E-state index contributed by atoms with van der Waals surface area (Å²) in [7, 11) is 0. The van der Waals surface area contributed by atoms with Crippen molar-refractivity contribution in [1.82, 2.24) is 10.3 Å². The molecule has 0 saturated carbocycles. The number of aryl methyl sites for hydroxylation is 3. The molecule has 0 amide bonds. The van der Waals surface area contributed by atoms with Crippen LogP contribution in [0.5, 0.6) is 0 Å². The number of rotatable bonds is 2. The summed E-state index contributed by atoms with van der Waals surface area (Å²) in [6, 6.07) is 5.13. The SMILES string of the molecule is CCNC1CCc2[nH]c3c(C)ccc(C)c3c2C1. The molecule has 2 nitrogen and oxygen atoms in total. The number of aromatic amines is 1. The molecule has 2 N–H and O–H groups in total. The van der Waals surface area contributed by atoms with Crippen LogP contribution in [0.25, 0.3) is 10.9 Å². The lowest BCUT2D eigenvalue weighted by Gasteiger charge is -2.23. The van der Waals surface area contributed by atoms with Gasteiger partial charge >= 0.3 is 0 Å². The van der Waals surface area contributed by atoms with E-state index >= 15 is 0 Å². The highest BCUT2D eigenvalue weighted by Crippen LogP contribution is 2.32. The lowest BCUT2D eigenvalue weighted by atomic mass is 9.90. The predicted molar refractivity (Wildman–Crippen MR) is 77.3 cm³/mol. The third kappa shape index (κ3) is 1.76. The predicted octanol–water partition coefficient (Wildman–Crippen LogP) is 3.25. The average Bonchev–Trinajstić information content (AvgIpc) is 2.74. The van der Waals surface area contributed by atoms with Crippen molar-refractivity contribution in [1.29, 1.82) is 0 Å². The molecule has 1 heterocycles. The topological polar surface area (TPSA) is 27.8 Å². The van der Waals surface area contributed by atoms with Crippen LogP contribution in [0.1, 0.15) is 35.7 Å². The van der Waals surface area contributed by atoms with Gasteiger partial charge in [0.1, 0.15) is 0 Å². The van der Waals surface area contributed by atoms with Gasteiger partial charge in [-0.25, -0.2) is 0 Å². The van der Waals surface area contributed by atoms with Crippen molar-refractivity contribution >= 4 is 10.9 Å². The lowest BCUT2D eigenvalue weighted by Crippen LogP contribution is -2.34. The van der Waals surface area contributed by atoms with Gasteiger partial charge in [0.05, 0.1) is 0 Å². The minimum Gasteiger partial charge on any atom is -0.358 e. The highest BCUT2D eigenvalue weighted by atomic mass is 14.9. The Balaban J connectivity index is 2.12. The molecule has 0 spiro atoms. The van der Waals surface area contributed by atoms with Gasteiger partial charge in [0.15, 0.2) is 0 Å². The molecule has 18 heavy (non-hydrogen) atoms. The fourth-order valence-electron chi connectivity index (χ4n) is 3.31. The summed E-state index contributed by atoms with van der Waals surface area (Å²) < 4.78 is 0. The van der Waals surface area contributed by atoms with Crippen molar-refractivity contribution in [3.63, 3.8) is 0 Å². The van der Waals surface area contributed by atoms with E-state index in [9.17, 15) is 0 Å². The van der Waals surface area contributed by atoms with Crippen LogP contribution in [0.2, 0.25) is 0 Å². The molecule has 0 radical (unpaired) electrons. The minimum absolute atomic E-state index is 0.654. The summed E-state index contributed by atoms with van der Waals surface area (Å²) in [5, 5.41) is 5.08. The van der Waals surface area contributed by atoms with Crippen molar-refractivity contribution in [3.8, 4) is 0 Å². The first kappa shape index (κ1) is 11.8. The highest BCUT2D eigenvalue weighted by Gasteiger charge is 2.23. The second-order valence-electron chi connectivity index (χ2n) is 5.53. The molecule has 1 aromatic carbocycles. The number of hydrogen-bond donors (Lipinski definition) is 2. The lowest BCUT2D eigenvalue weighted by molar-refractivity contribution is 0.469. The van der Waals surface area contributed by atoms with E-state index in [0.717, 1.165) is 6.54 Å². The Labute approximate surface area is 109 Å². The summed E-state index contributed by atoms with van der Waals surface area (Å²) in [5.74, 6) is 0. The van der Waals surface area contributed by atoms with Crippen LogP contribution < -0.4 is 5.32 Å². The zero-order chi connectivity index (χ0) is 12.7. The number of likely N-dealkylation sites (N-methyl/N-ethyl adjacent to an activating group) is 1. The van der Waals surface area contributed by atoms with E-state index in [4.69, 9.17) is 0 Å². The van der Waals surface area contributed by atoms with E-state index in [1.165, 1.54) is 47.0 Å². The first-order valence-corrected chi connectivity index (χ1v) is 7.03. The summed E-state index contributed by atoms with van der Waals surface area (Å²) in [4.78, 5) is 3.66. The number of hydrogen-bond acceptors (Lipinski definition) is 1. The zero-order valence-electron chi connectivity index (χ0n) is 11.6. The van der Waals surface area contributed by atoms with Gasteiger partial charge in [0, 0.05) is 22.6 Å². The van der Waals surface area contributed by atoms with Crippen LogP contribution in [-0.4, -0.2) is 17.6 Å². The summed E-state index contributed by atoms with van der Waals surface area (Å²) >= 11 is 0. The van der Waals surface area contributed by atoms with Crippen molar-refractivity contribution in [2.24, 2.45) is 0 Å². The maximum absolute atomic E-state index is 3.66. The van der Waals surface area contributed by atoms with Crippen molar-refractivity contribution in [2.45, 2.75) is 46.1 Å². The highest BCUT2D eigenvalue weighted by molar-refractivity contribution is 5.90. The fourth-order valence-corrected chi connectivity index (χ4v) is 3.31. The average molecular weight is 242 g/mol. The molecule has 96 valence electrons. The van der Waals surface area contributed by atoms with Gasteiger partial charge in [-0.1, -0.05) is 19.1 Å². The summed E-state index contributed by atoms with van der Waals surface area (Å²) in [6.45, 7) is 7.69. The van der Waals surface area contributed by atoms with Gasteiger partial charge in [0.2, 0.25) is 0 Å². The summed E-state index contributed by atoms with van der Waals surface area (Å²) in [6.07, 6.45) is 3.61. The quantitative estimate of drug-likeness (QED) is 0.831. The molecular formula is C16H22N2. The minimum atomic E-state index is 0.654. The molecule has 2 aromatic rings. The third-order valence-corrected chi connectivity index (χ3v) is 4.25. The van der Waals surface area contributed by atoms with Crippen LogP contribution in [0.15, 0.2) is 12.1 Å². The third-order valence-electron chi connectivity index (χ3n) is 4.25. The van der Waals surface area contributed by atoms with Crippen LogP contribution in [-0.2, 0) is 12.8 Å². The standard InChI is InChI=1S/C16H22N2/c1-4-17-12-7-8-14-13(9-12)15-10(2)5-6-11(3)16(15)18-14/h5-6,12,17-18H,4,7-9H2,1-3H3. The Morgan fingerprint density at radius 3 is 2.83 bits per heavy atom. The van der Waals surface area contributed by atoms with E-state index in [-0.39, 0.29) is 0 Å². The fraction of sp³-hybridized carbons (Fsp3) is 0.500. The molecule has 0 bridgehead atoms. The van der Waals surface area contributed by atoms with Gasteiger partial charge < -0.3 is 10.3 Å². The van der Waals surface area contributed by atoms with Crippen molar-refractivity contribution in [2.75, 3.05) is 6.54 Å². The van der Waals surface area contributed by atoms with Gasteiger partial charge in [-0.3, -0.25) is 0 Å². The van der Waals surface area contributed by atoms with E-state index in [1.807, 2.05) is 0 Å². The number of aromatic nitrogens is 1. The molecule has 0 saturated heterocycles. The molecule has 1 aliphatic carbocycles. The first-order valence-electron chi connectivity index (χ1n) is 7.03. The summed E-state index contributed by atoms with van der Waals surface area (Å²) in [5.41, 5.74) is 7.16. The molecule has 2 heteroatoms. The molecule has 0 fully saturated rings. The molecule has 1 atom stereocenters. The molecule has 0 aliphatic heterocycles. The maximum Gasteiger partial charge on any atom is 0.0491 e. The van der Waals surface area contributed by atoms with E-state index in [1.54, 1.807) is 5.56 Å².